The summed E-state index contributed by atoms with van der Waals surface area (Å²) in [6.45, 7) is 0. The number of hydrogen-bond acceptors (Lipinski definition) is 3. The van der Waals surface area contributed by atoms with Gasteiger partial charge < -0.3 is 21.5 Å². The van der Waals surface area contributed by atoms with Crippen LogP contribution in [-0.2, 0) is 0 Å². The van der Waals surface area contributed by atoms with Gasteiger partial charge in [0.15, 0.2) is 0 Å². The fourth-order valence-electron chi connectivity index (χ4n) is 0. The molecule has 36 valence electrons. The first-order valence-electron chi connectivity index (χ1n) is 0.548. The minimum Gasteiger partial charge on any atom is -0.369 e. The highest BCUT2D eigenvalue weighted by molar-refractivity contribution is 5.75. The van der Waals surface area contributed by atoms with Crippen LogP contribution in [0, 0.1) is 15.3 Å². The molecule has 0 aliphatic carbocycles. The number of quaternary nitrogens is 1. The van der Waals surface area contributed by atoms with Gasteiger partial charge in [-0.15, -0.1) is 0 Å². The van der Waals surface area contributed by atoms with Crippen LogP contribution in [0.25, 0.3) is 0 Å². The van der Waals surface area contributed by atoms with Crippen molar-refractivity contribution in [2.75, 3.05) is 0 Å². The highest BCUT2D eigenvalue weighted by Gasteiger charge is 1.45. The van der Waals surface area contributed by atoms with Crippen LogP contribution in [-0.4, -0.2) is 16.1 Å². The monoisotopic (exact) mass is 108 g/mol. The Morgan fingerprint density at radius 1 is 1.33 bits per heavy atom. The molecule has 0 aromatic heterocycles. The van der Waals surface area contributed by atoms with E-state index in [1.807, 2.05) is 0 Å². The molecular weight excluding hydrogens is 104 g/mol. The van der Waals surface area contributed by atoms with E-state index >= 15 is 0 Å². The predicted octanol–water partition coefficient (Wildman–Crippen LogP) is -0.244. The average molecular weight is 108 g/mol. The van der Waals surface area contributed by atoms with Gasteiger partial charge >= 0.3 is 0 Å². The molecule has 0 bridgehead atoms. The molecule has 0 unspecified atom stereocenters. The van der Waals surface area contributed by atoms with Gasteiger partial charge in [0.1, 0.15) is 0 Å². The van der Waals surface area contributed by atoms with E-state index in [1.165, 1.54) is 0 Å². The summed E-state index contributed by atoms with van der Waals surface area (Å²) in [5, 5.41) is 14.8. The summed E-state index contributed by atoms with van der Waals surface area (Å²) in [6, 6.07) is 0. The second kappa shape index (κ2) is 8.83. The zero-order chi connectivity index (χ0) is 3.58. The van der Waals surface area contributed by atoms with Crippen molar-refractivity contribution in [2.45, 2.75) is 0 Å². The lowest BCUT2D eigenvalue weighted by Gasteiger charge is -1.74. The van der Waals surface area contributed by atoms with Crippen molar-refractivity contribution in [3.05, 3.63) is 15.3 Å². The molecule has 4 N–H and O–H groups in total. The average Bonchev–Trinajstić information content (AvgIpc) is 0.811. The first kappa shape index (κ1) is 18.2. The molecule has 5 nitrogen and oxygen atoms in total. The summed E-state index contributed by atoms with van der Waals surface area (Å²) < 4.78 is 0. The quantitative estimate of drug-likeness (QED) is 0.263. The molecule has 0 saturated carbocycles. The van der Waals surface area contributed by atoms with E-state index in [0.29, 0.717) is 0 Å². The van der Waals surface area contributed by atoms with Crippen LogP contribution in [0.3, 0.4) is 0 Å². The van der Waals surface area contributed by atoms with Crippen LogP contribution in [0.5, 0.6) is 0 Å². The van der Waals surface area contributed by atoms with Gasteiger partial charge in [0.05, 0.1) is 5.09 Å². The highest BCUT2D eigenvalue weighted by Crippen LogP contribution is 1.44. The van der Waals surface area contributed by atoms with Crippen molar-refractivity contribution < 1.29 is 5.09 Å². The van der Waals surface area contributed by atoms with Crippen LogP contribution in [0.1, 0.15) is 0 Å². The molecule has 0 aromatic rings. The lowest BCUT2D eigenvalue weighted by Crippen LogP contribution is -1.74. The van der Waals surface area contributed by atoms with E-state index in [-0.39, 0.29) is 17.1 Å². The maximum absolute atomic E-state index is 8.25. The van der Waals surface area contributed by atoms with Gasteiger partial charge in [-0.1, -0.05) is 0 Å². The Hall–Kier alpha value is -0.623. The Bertz CT molecular complexity index is 31.8. The van der Waals surface area contributed by atoms with Crippen molar-refractivity contribution in [3.63, 3.8) is 0 Å². The Balaban J connectivity index is -0.0000000450. The van der Waals surface area contributed by atoms with Crippen LogP contribution in [0.2, 0.25) is 0 Å². The lowest BCUT2D eigenvalue weighted by molar-refractivity contribution is -0.402. The lowest BCUT2D eigenvalue weighted by atomic mass is 13.1. The Morgan fingerprint density at radius 3 is 1.33 bits per heavy atom. The second-order valence-electron chi connectivity index (χ2n) is 0.224. The highest BCUT2D eigenvalue weighted by atomic mass is 28.1. The van der Waals surface area contributed by atoms with Gasteiger partial charge in [0, 0.05) is 11.0 Å². The molecule has 0 aromatic carbocycles. The molecule has 0 spiro atoms. The van der Waals surface area contributed by atoms with Crippen molar-refractivity contribution in [2.24, 2.45) is 0 Å². The molecule has 0 amide bonds. The third kappa shape index (κ3) is 49.1. The molecule has 4 radical (unpaired) electrons. The second-order valence-corrected chi connectivity index (χ2v) is 0.224. The van der Waals surface area contributed by atoms with Crippen LogP contribution >= 0.6 is 0 Å². The van der Waals surface area contributed by atoms with Crippen LogP contribution in [0.15, 0.2) is 0 Å². The third-order valence-electron chi connectivity index (χ3n) is 0. The summed E-state index contributed by atoms with van der Waals surface area (Å²) in [4.78, 5) is 8.25. The molecule has 6 heavy (non-hydrogen) atoms. The zero-order valence-corrected chi connectivity index (χ0v) is 4.17. The first-order chi connectivity index (χ1) is 1.73. The van der Waals surface area contributed by atoms with Crippen molar-refractivity contribution >= 4 is 11.0 Å². The summed E-state index contributed by atoms with van der Waals surface area (Å²) in [5.41, 5.74) is 0. The zero-order valence-electron chi connectivity index (χ0n) is 3.17. The van der Waals surface area contributed by atoms with Crippen LogP contribution in [0.4, 0.5) is 0 Å². The van der Waals surface area contributed by atoms with Crippen LogP contribution < -0.4 is 6.15 Å². The number of nitrogens with zero attached hydrogens (tertiary/aromatic N) is 1. The normalized spacial score (nSPS) is 4.00. The van der Waals surface area contributed by atoms with Crippen molar-refractivity contribution in [1.82, 2.24) is 6.15 Å². The molecule has 0 aliphatic heterocycles. The fourth-order valence-corrected chi connectivity index (χ4v) is 0. The first-order valence-corrected chi connectivity index (χ1v) is 0.548. The molecular formula is H4N2O3Si. The SMILES string of the molecule is O=[N+]([O-])[O-].[NH4+].[Si]. The third-order valence-corrected chi connectivity index (χ3v) is 0. The number of hydrogen-bond donors (Lipinski definition) is 1. The van der Waals surface area contributed by atoms with E-state index in [9.17, 15) is 0 Å². The summed E-state index contributed by atoms with van der Waals surface area (Å²) in [7, 11) is 0. The van der Waals surface area contributed by atoms with E-state index < -0.39 is 5.09 Å². The minimum absolute atomic E-state index is 0. The topological polar surface area (TPSA) is 103 Å². The maximum atomic E-state index is 8.25. The molecule has 0 atom stereocenters. The Labute approximate surface area is 38.7 Å². The van der Waals surface area contributed by atoms with E-state index in [2.05, 4.69) is 0 Å². The smallest absolute Gasteiger partial charge is 0.0689 e. The van der Waals surface area contributed by atoms with Gasteiger partial charge in [0.25, 0.3) is 0 Å². The molecule has 0 saturated heterocycles. The Morgan fingerprint density at radius 2 is 1.33 bits per heavy atom. The molecule has 0 fully saturated rings. The standard InChI is InChI=1S/NO3.H3N.Si/c2-1(3)4;;/h;1H3;/q-1;;/p+1. The molecule has 6 heteroatoms. The van der Waals surface area contributed by atoms with E-state index in [4.69, 9.17) is 15.3 Å². The maximum Gasteiger partial charge on any atom is 0.0689 e. The summed E-state index contributed by atoms with van der Waals surface area (Å²) >= 11 is 0. The van der Waals surface area contributed by atoms with Gasteiger partial charge in [-0.3, -0.25) is 0 Å². The van der Waals surface area contributed by atoms with E-state index in [0.717, 1.165) is 0 Å². The van der Waals surface area contributed by atoms with E-state index in [1.54, 1.807) is 0 Å². The summed E-state index contributed by atoms with van der Waals surface area (Å²) in [5.74, 6) is 0. The molecule has 0 aliphatic rings. The van der Waals surface area contributed by atoms with Crippen molar-refractivity contribution in [1.29, 1.82) is 0 Å². The van der Waals surface area contributed by atoms with Gasteiger partial charge in [-0.25, -0.2) is 0 Å². The van der Waals surface area contributed by atoms with Gasteiger partial charge in [-0.2, -0.15) is 0 Å². The Kier molecular flexibility index (Phi) is 26.8. The largest absolute Gasteiger partial charge is 0.369 e. The molecule has 0 rings (SSSR count). The predicted molar refractivity (Wildman–Crippen MR) is 22.1 cm³/mol. The fraction of sp³-hybridized carbons (Fsp3) is 0. The minimum atomic E-state index is -1.75. The number of rotatable bonds is 0. The van der Waals surface area contributed by atoms with Gasteiger partial charge in [-0.05, 0) is 0 Å². The summed E-state index contributed by atoms with van der Waals surface area (Å²) in [6.07, 6.45) is 0. The van der Waals surface area contributed by atoms with Gasteiger partial charge in [0.2, 0.25) is 0 Å². The van der Waals surface area contributed by atoms with Crippen molar-refractivity contribution in [3.8, 4) is 0 Å². The molecule has 0 heterocycles.